The Kier molecular flexibility index (Phi) is 4.12. The predicted molar refractivity (Wildman–Crippen MR) is 96.1 cm³/mol. The van der Waals surface area contributed by atoms with E-state index in [0.29, 0.717) is 19.5 Å². The second-order valence-corrected chi connectivity index (χ2v) is 6.25. The van der Waals surface area contributed by atoms with Crippen LogP contribution in [0.3, 0.4) is 0 Å². The van der Waals surface area contributed by atoms with E-state index in [9.17, 15) is 9.18 Å². The third kappa shape index (κ3) is 2.92. The lowest BCUT2D eigenvalue weighted by atomic mass is 10.0. The number of hydrogen-bond acceptors (Lipinski definition) is 3. The monoisotopic (exact) mass is 351 g/mol. The summed E-state index contributed by atoms with van der Waals surface area (Å²) in [5, 5.41) is 10.1. The van der Waals surface area contributed by atoms with Crippen molar-refractivity contribution in [2.75, 3.05) is 11.9 Å². The fourth-order valence-electron chi connectivity index (χ4n) is 3.14. The van der Waals surface area contributed by atoms with Gasteiger partial charge >= 0.3 is 6.03 Å². The van der Waals surface area contributed by atoms with Crippen LogP contribution in [0.1, 0.15) is 17.0 Å². The summed E-state index contributed by atoms with van der Waals surface area (Å²) in [5.41, 5.74) is 4.30. The Bertz CT molecular complexity index is 954. The number of carbonyl (C=O) groups is 1. The molecule has 3 heterocycles. The molecule has 0 bridgehead atoms. The number of amides is 2. The molecule has 4 rings (SSSR count). The largest absolute Gasteiger partial charge is 0.322 e. The molecular formula is C19H18FN5O. The van der Waals surface area contributed by atoms with Crippen molar-refractivity contribution in [2.24, 2.45) is 0 Å². The van der Waals surface area contributed by atoms with Crippen molar-refractivity contribution in [2.45, 2.75) is 19.9 Å². The predicted octanol–water partition coefficient (Wildman–Crippen LogP) is 3.51. The summed E-state index contributed by atoms with van der Waals surface area (Å²) in [6.07, 6.45) is 2.16. The van der Waals surface area contributed by atoms with Gasteiger partial charge in [0.2, 0.25) is 0 Å². The molecule has 1 aliphatic heterocycles. The summed E-state index contributed by atoms with van der Waals surface area (Å²) >= 11 is 0. The van der Waals surface area contributed by atoms with Crippen molar-refractivity contribution in [3.8, 4) is 11.3 Å². The molecule has 2 amide bonds. The summed E-state index contributed by atoms with van der Waals surface area (Å²) < 4.78 is 14.1. The van der Waals surface area contributed by atoms with Gasteiger partial charge in [-0.2, -0.15) is 5.10 Å². The smallest absolute Gasteiger partial charge is 0.320 e. The van der Waals surface area contributed by atoms with Crippen LogP contribution in [0.5, 0.6) is 0 Å². The molecule has 2 N–H and O–H groups in total. The molecule has 26 heavy (non-hydrogen) atoms. The van der Waals surface area contributed by atoms with Gasteiger partial charge in [0.25, 0.3) is 0 Å². The van der Waals surface area contributed by atoms with Crippen LogP contribution in [0.4, 0.5) is 14.9 Å². The molecule has 0 aliphatic carbocycles. The number of aromatic nitrogens is 3. The van der Waals surface area contributed by atoms with Gasteiger partial charge in [0.15, 0.2) is 5.82 Å². The van der Waals surface area contributed by atoms with Crippen LogP contribution >= 0.6 is 0 Å². The van der Waals surface area contributed by atoms with E-state index in [2.05, 4.69) is 20.5 Å². The maximum atomic E-state index is 14.1. The Morgan fingerprint density at radius 2 is 2.08 bits per heavy atom. The average Bonchev–Trinajstić information content (AvgIpc) is 3.09. The second-order valence-electron chi connectivity index (χ2n) is 6.25. The zero-order chi connectivity index (χ0) is 18.1. The highest BCUT2D eigenvalue weighted by atomic mass is 19.1. The van der Waals surface area contributed by atoms with Crippen LogP contribution in [0.2, 0.25) is 0 Å². The number of urea groups is 1. The van der Waals surface area contributed by atoms with E-state index in [1.54, 1.807) is 11.8 Å². The van der Waals surface area contributed by atoms with Crippen LogP contribution in [0.15, 0.2) is 42.6 Å². The van der Waals surface area contributed by atoms with Crippen molar-refractivity contribution in [3.05, 3.63) is 65.4 Å². The average molecular weight is 351 g/mol. The minimum absolute atomic E-state index is 0.142. The molecule has 0 saturated carbocycles. The first-order chi connectivity index (χ1) is 12.6. The van der Waals surface area contributed by atoms with Gasteiger partial charge in [0.05, 0.1) is 23.6 Å². The number of anilines is 1. The quantitative estimate of drug-likeness (QED) is 0.742. The number of fused-ring (bicyclic) bond motifs is 1. The van der Waals surface area contributed by atoms with Crippen LogP contribution in [0.25, 0.3) is 11.3 Å². The van der Waals surface area contributed by atoms with Gasteiger partial charge in [-0.15, -0.1) is 0 Å². The number of aryl methyl sites for hydroxylation is 1. The number of nitrogens with zero attached hydrogens (tertiary/aromatic N) is 3. The van der Waals surface area contributed by atoms with Crippen molar-refractivity contribution in [3.63, 3.8) is 0 Å². The Balaban J connectivity index is 1.56. The lowest BCUT2D eigenvalue weighted by Gasteiger charge is -2.27. The van der Waals surface area contributed by atoms with Crippen LogP contribution < -0.4 is 5.32 Å². The highest BCUT2D eigenvalue weighted by Crippen LogP contribution is 2.28. The number of benzene rings is 1. The van der Waals surface area contributed by atoms with Gasteiger partial charge in [0.1, 0.15) is 0 Å². The van der Waals surface area contributed by atoms with Crippen molar-refractivity contribution < 1.29 is 9.18 Å². The Morgan fingerprint density at radius 1 is 1.27 bits per heavy atom. The fraction of sp³-hybridized carbons (Fsp3) is 0.211. The van der Waals surface area contributed by atoms with E-state index in [4.69, 9.17) is 0 Å². The normalized spacial score (nSPS) is 13.4. The minimum Gasteiger partial charge on any atom is -0.320 e. The molecule has 0 radical (unpaired) electrons. The molecule has 132 valence electrons. The zero-order valence-corrected chi connectivity index (χ0v) is 14.3. The third-order valence-corrected chi connectivity index (χ3v) is 4.57. The molecule has 0 spiro atoms. The summed E-state index contributed by atoms with van der Waals surface area (Å²) in [5.74, 6) is -0.508. The van der Waals surface area contributed by atoms with Crippen molar-refractivity contribution in [1.82, 2.24) is 20.1 Å². The zero-order valence-electron chi connectivity index (χ0n) is 14.3. The SMILES string of the molecule is Cc1nccc(NC(=O)N2CCc3[nH]nc(-c4ccccc4)c3C2)c1F. The summed E-state index contributed by atoms with van der Waals surface area (Å²) in [6, 6.07) is 11.0. The number of pyridine rings is 1. The van der Waals surface area contributed by atoms with Gasteiger partial charge in [-0.25, -0.2) is 9.18 Å². The molecule has 6 nitrogen and oxygen atoms in total. The first kappa shape index (κ1) is 16.3. The fourth-order valence-corrected chi connectivity index (χ4v) is 3.14. The van der Waals surface area contributed by atoms with E-state index in [1.165, 1.54) is 12.3 Å². The van der Waals surface area contributed by atoms with E-state index in [0.717, 1.165) is 22.5 Å². The van der Waals surface area contributed by atoms with Gasteiger partial charge in [-0.05, 0) is 13.0 Å². The molecule has 2 aromatic heterocycles. The standard InChI is InChI=1S/C19H18FN5O/c1-12-17(20)16(7-9-21-12)22-19(26)25-10-8-15-14(11-25)18(24-23-15)13-5-3-2-4-6-13/h2-7,9H,8,10-11H2,1H3,(H,23,24)(H,21,22,26). The van der Waals surface area contributed by atoms with Crippen LogP contribution in [0, 0.1) is 12.7 Å². The number of H-pyrrole nitrogens is 1. The number of halogens is 1. The van der Waals surface area contributed by atoms with Gasteiger partial charge < -0.3 is 10.2 Å². The number of carbonyl (C=O) groups excluding carboxylic acids is 1. The summed E-state index contributed by atoms with van der Waals surface area (Å²) in [6.45, 7) is 2.53. The molecular weight excluding hydrogens is 333 g/mol. The van der Waals surface area contributed by atoms with E-state index >= 15 is 0 Å². The molecule has 1 aromatic carbocycles. The first-order valence-electron chi connectivity index (χ1n) is 8.42. The molecule has 7 heteroatoms. The maximum Gasteiger partial charge on any atom is 0.322 e. The highest BCUT2D eigenvalue weighted by molar-refractivity contribution is 5.89. The van der Waals surface area contributed by atoms with Crippen molar-refractivity contribution in [1.29, 1.82) is 0 Å². The Labute approximate surface area is 150 Å². The first-order valence-corrected chi connectivity index (χ1v) is 8.42. The summed E-state index contributed by atoms with van der Waals surface area (Å²) in [4.78, 5) is 18.1. The van der Waals surface area contributed by atoms with Crippen LogP contribution in [-0.4, -0.2) is 32.7 Å². The van der Waals surface area contributed by atoms with Gasteiger partial charge in [-0.3, -0.25) is 10.1 Å². The maximum absolute atomic E-state index is 14.1. The van der Waals surface area contributed by atoms with Gasteiger partial charge in [-0.1, -0.05) is 30.3 Å². The molecule has 0 unspecified atom stereocenters. The molecule has 1 aliphatic rings. The lowest BCUT2D eigenvalue weighted by Crippen LogP contribution is -2.39. The minimum atomic E-state index is -0.508. The molecule has 0 atom stereocenters. The lowest BCUT2D eigenvalue weighted by molar-refractivity contribution is 0.206. The topological polar surface area (TPSA) is 73.9 Å². The number of nitrogens with one attached hydrogen (secondary N) is 2. The van der Waals surface area contributed by atoms with Crippen LogP contribution in [-0.2, 0) is 13.0 Å². The van der Waals surface area contributed by atoms with Crippen molar-refractivity contribution >= 4 is 11.7 Å². The van der Waals surface area contributed by atoms with Gasteiger partial charge in [0, 0.05) is 36.0 Å². The number of hydrogen-bond donors (Lipinski definition) is 2. The Morgan fingerprint density at radius 3 is 2.88 bits per heavy atom. The molecule has 0 fully saturated rings. The van der Waals surface area contributed by atoms with E-state index in [-0.39, 0.29) is 17.4 Å². The van der Waals surface area contributed by atoms with E-state index in [1.807, 2.05) is 30.3 Å². The Hall–Kier alpha value is -3.22. The molecule has 3 aromatic rings. The molecule has 0 saturated heterocycles. The third-order valence-electron chi connectivity index (χ3n) is 4.57. The van der Waals surface area contributed by atoms with E-state index < -0.39 is 5.82 Å². The number of aromatic amines is 1. The second kappa shape index (κ2) is 6.59. The highest BCUT2D eigenvalue weighted by Gasteiger charge is 2.26. The summed E-state index contributed by atoms with van der Waals surface area (Å²) in [7, 11) is 0. The number of rotatable bonds is 2.